The Bertz CT molecular complexity index is 939. The number of thiazole rings is 1. The summed E-state index contributed by atoms with van der Waals surface area (Å²) in [7, 11) is 0. The smallest absolute Gasteiger partial charge is 0.272 e. The molecule has 7 heteroatoms. The van der Waals surface area contributed by atoms with Gasteiger partial charge in [-0.3, -0.25) is 14.2 Å². The first-order chi connectivity index (χ1) is 11.0. The zero-order chi connectivity index (χ0) is 16.6. The first-order valence-electron chi connectivity index (χ1n) is 7.16. The van der Waals surface area contributed by atoms with Gasteiger partial charge in [0.1, 0.15) is 12.2 Å². The summed E-state index contributed by atoms with van der Waals surface area (Å²) in [4.78, 5) is 34.2. The fourth-order valence-electron chi connectivity index (χ4n) is 2.31. The molecule has 0 unspecified atom stereocenters. The highest BCUT2D eigenvalue weighted by atomic mass is 32.1. The van der Waals surface area contributed by atoms with E-state index in [1.165, 1.54) is 15.9 Å². The number of hydrogen-bond acceptors (Lipinski definition) is 5. The molecule has 0 saturated heterocycles. The van der Waals surface area contributed by atoms with Gasteiger partial charge in [-0.25, -0.2) is 9.97 Å². The Morgan fingerprint density at radius 2 is 1.91 bits per heavy atom. The minimum atomic E-state index is -0.281. The Balaban J connectivity index is 1.93. The SMILES string of the molecule is Cc1nc(NC(=O)Cn2c(=O)c(C)nc3ccccc32)sc1C. The number of fused-ring (bicyclic) bond motifs is 1. The van der Waals surface area contributed by atoms with E-state index < -0.39 is 0 Å². The molecule has 6 nitrogen and oxygen atoms in total. The lowest BCUT2D eigenvalue weighted by molar-refractivity contribution is -0.116. The summed E-state index contributed by atoms with van der Waals surface area (Å²) in [6.45, 7) is 5.43. The van der Waals surface area contributed by atoms with E-state index in [9.17, 15) is 9.59 Å². The van der Waals surface area contributed by atoms with Crippen molar-refractivity contribution >= 4 is 33.4 Å². The van der Waals surface area contributed by atoms with Crippen LogP contribution in [0.15, 0.2) is 29.1 Å². The number of para-hydroxylation sites is 2. The van der Waals surface area contributed by atoms with Crippen molar-refractivity contribution in [1.82, 2.24) is 14.5 Å². The number of amides is 1. The van der Waals surface area contributed by atoms with Crippen molar-refractivity contribution in [3.8, 4) is 0 Å². The van der Waals surface area contributed by atoms with Gasteiger partial charge in [0, 0.05) is 4.88 Å². The number of benzene rings is 1. The Morgan fingerprint density at radius 3 is 2.61 bits per heavy atom. The average Bonchev–Trinajstić information content (AvgIpc) is 2.81. The van der Waals surface area contributed by atoms with Crippen molar-refractivity contribution in [2.24, 2.45) is 0 Å². The van der Waals surface area contributed by atoms with Crippen LogP contribution in [0.4, 0.5) is 5.13 Å². The van der Waals surface area contributed by atoms with Crippen LogP contribution >= 0.6 is 11.3 Å². The number of nitrogens with zero attached hydrogens (tertiary/aromatic N) is 3. The Hall–Kier alpha value is -2.54. The molecule has 118 valence electrons. The zero-order valence-electron chi connectivity index (χ0n) is 13.1. The van der Waals surface area contributed by atoms with Crippen LogP contribution in [0.3, 0.4) is 0 Å². The number of aromatic nitrogens is 3. The molecule has 3 rings (SSSR count). The molecule has 1 N–H and O–H groups in total. The van der Waals surface area contributed by atoms with E-state index in [0.29, 0.717) is 21.9 Å². The van der Waals surface area contributed by atoms with Gasteiger partial charge >= 0.3 is 0 Å². The van der Waals surface area contributed by atoms with Crippen LogP contribution in [0.1, 0.15) is 16.3 Å². The predicted octanol–water partition coefficient (Wildman–Crippen LogP) is 2.42. The highest BCUT2D eigenvalue weighted by Gasteiger charge is 2.13. The van der Waals surface area contributed by atoms with Crippen LogP contribution in [0.5, 0.6) is 0 Å². The van der Waals surface area contributed by atoms with Gasteiger partial charge in [-0.05, 0) is 32.9 Å². The Labute approximate surface area is 136 Å². The molecule has 3 aromatic rings. The summed E-state index contributed by atoms with van der Waals surface area (Å²) in [5, 5.41) is 3.30. The van der Waals surface area contributed by atoms with Gasteiger partial charge in [-0.2, -0.15) is 0 Å². The van der Waals surface area contributed by atoms with Gasteiger partial charge in [0.25, 0.3) is 5.56 Å². The molecule has 0 spiro atoms. The second kappa shape index (κ2) is 5.92. The van der Waals surface area contributed by atoms with Crippen LogP contribution in [0.25, 0.3) is 11.0 Å². The minimum Gasteiger partial charge on any atom is -0.300 e. The molecule has 23 heavy (non-hydrogen) atoms. The lowest BCUT2D eigenvalue weighted by Gasteiger charge is -2.10. The van der Waals surface area contributed by atoms with Crippen molar-refractivity contribution < 1.29 is 4.79 Å². The van der Waals surface area contributed by atoms with E-state index in [0.717, 1.165) is 10.6 Å². The van der Waals surface area contributed by atoms with Gasteiger partial charge in [0.15, 0.2) is 5.13 Å². The average molecular weight is 328 g/mol. The molecule has 0 bridgehead atoms. The maximum Gasteiger partial charge on any atom is 0.272 e. The molecular weight excluding hydrogens is 312 g/mol. The molecule has 1 amide bonds. The standard InChI is InChI=1S/C16H16N4O2S/c1-9-11(3)23-16(18-9)19-14(21)8-20-13-7-5-4-6-12(13)17-10(2)15(20)22/h4-7H,8H2,1-3H3,(H,18,19,21). The second-order valence-corrected chi connectivity index (χ2v) is 6.49. The number of carbonyl (C=O) groups excluding carboxylic acids is 1. The van der Waals surface area contributed by atoms with E-state index in [2.05, 4.69) is 15.3 Å². The molecular formula is C16H16N4O2S. The summed E-state index contributed by atoms with van der Waals surface area (Å²) < 4.78 is 1.44. The predicted molar refractivity (Wildman–Crippen MR) is 91.0 cm³/mol. The molecule has 0 saturated carbocycles. The maximum absolute atomic E-state index is 12.3. The Morgan fingerprint density at radius 1 is 1.17 bits per heavy atom. The molecule has 2 heterocycles. The molecule has 2 aromatic heterocycles. The fraction of sp³-hybridized carbons (Fsp3) is 0.250. The zero-order valence-corrected chi connectivity index (χ0v) is 13.9. The van der Waals surface area contributed by atoms with Gasteiger partial charge in [-0.15, -0.1) is 11.3 Å². The molecule has 0 atom stereocenters. The van der Waals surface area contributed by atoms with Gasteiger partial charge in [0.05, 0.1) is 16.7 Å². The first-order valence-corrected chi connectivity index (χ1v) is 7.97. The monoisotopic (exact) mass is 328 g/mol. The lowest BCUT2D eigenvalue weighted by atomic mass is 10.2. The van der Waals surface area contributed by atoms with E-state index in [1.807, 2.05) is 32.0 Å². The van der Waals surface area contributed by atoms with Crippen molar-refractivity contribution in [3.05, 3.63) is 50.9 Å². The van der Waals surface area contributed by atoms with Crippen LogP contribution in [0.2, 0.25) is 0 Å². The summed E-state index contributed by atoms with van der Waals surface area (Å²) in [6.07, 6.45) is 0. The third-order valence-corrected chi connectivity index (χ3v) is 4.58. The molecule has 0 radical (unpaired) electrons. The van der Waals surface area contributed by atoms with Crippen LogP contribution in [0, 0.1) is 20.8 Å². The lowest BCUT2D eigenvalue weighted by Crippen LogP contribution is -2.30. The van der Waals surface area contributed by atoms with Gasteiger partial charge in [-0.1, -0.05) is 12.1 Å². The van der Waals surface area contributed by atoms with Crippen LogP contribution < -0.4 is 10.9 Å². The van der Waals surface area contributed by atoms with Crippen LogP contribution in [-0.4, -0.2) is 20.4 Å². The summed E-state index contributed by atoms with van der Waals surface area (Å²) in [6, 6.07) is 7.28. The van der Waals surface area contributed by atoms with Crippen molar-refractivity contribution in [2.45, 2.75) is 27.3 Å². The molecule has 0 aliphatic heterocycles. The topological polar surface area (TPSA) is 76.9 Å². The molecule has 0 aliphatic rings. The third kappa shape index (κ3) is 3.00. The largest absolute Gasteiger partial charge is 0.300 e. The Kier molecular flexibility index (Phi) is 3.96. The van der Waals surface area contributed by atoms with Crippen molar-refractivity contribution in [2.75, 3.05) is 5.32 Å². The van der Waals surface area contributed by atoms with E-state index >= 15 is 0 Å². The third-order valence-electron chi connectivity index (χ3n) is 3.59. The highest BCUT2D eigenvalue weighted by Crippen LogP contribution is 2.21. The highest BCUT2D eigenvalue weighted by molar-refractivity contribution is 7.15. The number of anilines is 1. The number of rotatable bonds is 3. The van der Waals surface area contributed by atoms with Crippen molar-refractivity contribution in [3.63, 3.8) is 0 Å². The normalized spacial score (nSPS) is 10.9. The number of carbonyl (C=O) groups is 1. The van der Waals surface area contributed by atoms with Gasteiger partial charge < -0.3 is 5.32 Å². The number of hydrogen-bond donors (Lipinski definition) is 1. The number of nitrogens with one attached hydrogen (secondary N) is 1. The molecule has 0 fully saturated rings. The quantitative estimate of drug-likeness (QED) is 0.801. The van der Waals surface area contributed by atoms with Crippen LogP contribution in [-0.2, 0) is 11.3 Å². The second-order valence-electron chi connectivity index (χ2n) is 5.29. The minimum absolute atomic E-state index is 0.0691. The first kappa shape index (κ1) is 15.4. The van der Waals surface area contributed by atoms with E-state index in [1.54, 1.807) is 13.0 Å². The number of aryl methyl sites for hydroxylation is 3. The molecule has 0 aliphatic carbocycles. The van der Waals surface area contributed by atoms with E-state index in [4.69, 9.17) is 0 Å². The van der Waals surface area contributed by atoms with Gasteiger partial charge in [0.2, 0.25) is 5.91 Å². The fourth-order valence-corrected chi connectivity index (χ4v) is 3.14. The summed E-state index contributed by atoms with van der Waals surface area (Å²) >= 11 is 1.42. The van der Waals surface area contributed by atoms with Crippen molar-refractivity contribution in [1.29, 1.82) is 0 Å². The summed E-state index contributed by atoms with van der Waals surface area (Å²) in [5.41, 5.74) is 2.35. The summed E-state index contributed by atoms with van der Waals surface area (Å²) in [5.74, 6) is -0.281. The maximum atomic E-state index is 12.3. The van der Waals surface area contributed by atoms with E-state index in [-0.39, 0.29) is 18.0 Å². The molecule has 1 aromatic carbocycles.